The van der Waals surface area contributed by atoms with Crippen LogP contribution in [0.25, 0.3) is 0 Å². The van der Waals surface area contributed by atoms with Gasteiger partial charge in [-0.25, -0.2) is 4.79 Å². The van der Waals surface area contributed by atoms with Crippen LogP contribution in [-0.2, 0) is 9.53 Å². The smallest absolute Gasteiger partial charge is 0.331 e. The minimum Gasteiger partial charge on any atom is -0.464 e. The van der Waals surface area contributed by atoms with Gasteiger partial charge in [-0.1, -0.05) is 48.5 Å². The number of hydrogen-bond acceptors (Lipinski definition) is 4. The van der Waals surface area contributed by atoms with Crippen molar-refractivity contribution in [2.24, 2.45) is 0 Å². The summed E-state index contributed by atoms with van der Waals surface area (Å²) in [6.45, 7) is 3.89. The molecule has 25 heavy (non-hydrogen) atoms. The predicted octanol–water partition coefficient (Wildman–Crippen LogP) is 2.95. The molecule has 0 saturated carbocycles. The quantitative estimate of drug-likeness (QED) is 0.545. The van der Waals surface area contributed by atoms with Crippen LogP contribution in [-0.4, -0.2) is 28.8 Å². The van der Waals surface area contributed by atoms with Crippen molar-refractivity contribution >= 4 is 29.0 Å². The first-order chi connectivity index (χ1) is 12.0. The maximum atomic E-state index is 12.3. The summed E-state index contributed by atoms with van der Waals surface area (Å²) in [5.41, 5.74) is 2.45. The summed E-state index contributed by atoms with van der Waals surface area (Å²) < 4.78 is 5.07. The summed E-state index contributed by atoms with van der Waals surface area (Å²) in [5, 5.41) is 16.8. The first kappa shape index (κ1) is 18.9. The standard InChI is InChI=1S/C19H22N2O3S/c1-3-24-18(23)16(17(22)14-10-5-4-6-11-14)21-19(25)20-15-12-8-7-9-13(15)2/h4-12,16-17,22H,3H2,1-2H3,(H2,20,21,25). The number of benzene rings is 2. The number of thiocarbonyl (C=S) groups is 1. The third-order valence-corrected chi connectivity index (χ3v) is 3.90. The van der Waals surface area contributed by atoms with Gasteiger partial charge in [0.15, 0.2) is 11.2 Å². The lowest BCUT2D eigenvalue weighted by Crippen LogP contribution is -2.47. The molecule has 0 heterocycles. The molecule has 0 fully saturated rings. The molecular formula is C19H22N2O3S. The summed E-state index contributed by atoms with van der Waals surface area (Å²) in [6.07, 6.45) is -1.09. The van der Waals surface area contributed by atoms with Crippen molar-refractivity contribution in [3.8, 4) is 0 Å². The molecule has 0 aromatic heterocycles. The Labute approximate surface area is 153 Å². The zero-order valence-corrected chi connectivity index (χ0v) is 15.0. The largest absolute Gasteiger partial charge is 0.464 e. The molecule has 0 amide bonds. The topological polar surface area (TPSA) is 70.6 Å². The Balaban J connectivity index is 2.14. The van der Waals surface area contributed by atoms with Crippen LogP contribution < -0.4 is 10.6 Å². The van der Waals surface area contributed by atoms with E-state index >= 15 is 0 Å². The molecule has 2 atom stereocenters. The van der Waals surface area contributed by atoms with E-state index in [1.807, 2.05) is 37.3 Å². The van der Waals surface area contributed by atoms with Crippen molar-refractivity contribution in [1.29, 1.82) is 0 Å². The predicted molar refractivity (Wildman–Crippen MR) is 102 cm³/mol. The molecule has 0 aliphatic heterocycles. The Morgan fingerprint density at radius 1 is 1.16 bits per heavy atom. The second-order valence-corrected chi connectivity index (χ2v) is 5.91. The molecule has 6 heteroatoms. The molecule has 132 valence electrons. The van der Waals surface area contributed by atoms with Crippen LogP contribution in [0.15, 0.2) is 54.6 Å². The molecule has 0 aliphatic carbocycles. The average molecular weight is 358 g/mol. The van der Waals surface area contributed by atoms with E-state index in [4.69, 9.17) is 17.0 Å². The van der Waals surface area contributed by atoms with Crippen LogP contribution in [0.2, 0.25) is 0 Å². The first-order valence-electron chi connectivity index (χ1n) is 8.05. The van der Waals surface area contributed by atoms with Gasteiger partial charge in [-0.3, -0.25) is 0 Å². The lowest BCUT2D eigenvalue weighted by atomic mass is 10.0. The van der Waals surface area contributed by atoms with Gasteiger partial charge < -0.3 is 20.5 Å². The minimum atomic E-state index is -1.09. The fourth-order valence-electron chi connectivity index (χ4n) is 2.35. The number of nitrogens with one attached hydrogen (secondary N) is 2. The summed E-state index contributed by atoms with van der Waals surface area (Å²) in [4.78, 5) is 12.3. The Kier molecular flexibility index (Phi) is 6.91. The van der Waals surface area contributed by atoms with E-state index in [2.05, 4.69) is 10.6 Å². The lowest BCUT2D eigenvalue weighted by molar-refractivity contribution is -0.148. The minimum absolute atomic E-state index is 0.219. The molecule has 2 aromatic carbocycles. The van der Waals surface area contributed by atoms with Crippen molar-refractivity contribution in [1.82, 2.24) is 5.32 Å². The monoisotopic (exact) mass is 358 g/mol. The summed E-state index contributed by atoms with van der Waals surface area (Å²) >= 11 is 5.30. The highest BCUT2D eigenvalue weighted by Crippen LogP contribution is 2.18. The van der Waals surface area contributed by atoms with Crippen LogP contribution in [0.3, 0.4) is 0 Å². The van der Waals surface area contributed by atoms with Gasteiger partial charge in [-0.05, 0) is 43.3 Å². The SMILES string of the molecule is CCOC(=O)C(NC(=S)Nc1ccccc1C)C(O)c1ccccc1. The number of aryl methyl sites for hydroxylation is 1. The number of aliphatic hydroxyl groups is 1. The van der Waals surface area contributed by atoms with E-state index < -0.39 is 18.1 Å². The maximum Gasteiger partial charge on any atom is 0.331 e. The highest BCUT2D eigenvalue weighted by Gasteiger charge is 2.30. The van der Waals surface area contributed by atoms with Gasteiger partial charge >= 0.3 is 5.97 Å². The number of esters is 1. The Bertz CT molecular complexity index is 722. The number of hydrogen-bond donors (Lipinski definition) is 3. The van der Waals surface area contributed by atoms with Gasteiger partial charge in [0.25, 0.3) is 0 Å². The van der Waals surface area contributed by atoms with E-state index in [0.29, 0.717) is 5.56 Å². The fourth-order valence-corrected chi connectivity index (χ4v) is 2.59. The van der Waals surface area contributed by atoms with E-state index in [0.717, 1.165) is 11.3 Å². The molecule has 0 saturated heterocycles. The highest BCUT2D eigenvalue weighted by atomic mass is 32.1. The van der Waals surface area contributed by atoms with Crippen LogP contribution >= 0.6 is 12.2 Å². The lowest BCUT2D eigenvalue weighted by Gasteiger charge is -2.24. The van der Waals surface area contributed by atoms with Gasteiger partial charge in [-0.15, -0.1) is 0 Å². The third-order valence-electron chi connectivity index (χ3n) is 3.68. The molecule has 0 spiro atoms. The summed E-state index contributed by atoms with van der Waals surface area (Å²) in [7, 11) is 0. The molecule has 0 radical (unpaired) electrons. The van der Waals surface area contributed by atoms with E-state index in [9.17, 15) is 9.90 Å². The number of anilines is 1. The van der Waals surface area contributed by atoms with Gasteiger partial charge in [0.2, 0.25) is 0 Å². The number of aliphatic hydroxyl groups excluding tert-OH is 1. The second-order valence-electron chi connectivity index (χ2n) is 5.50. The van der Waals surface area contributed by atoms with Crippen LogP contribution in [0.5, 0.6) is 0 Å². The molecule has 2 unspecified atom stereocenters. The number of carbonyl (C=O) groups is 1. The molecule has 2 aromatic rings. The Hall–Kier alpha value is -2.44. The van der Waals surface area contributed by atoms with Crippen molar-refractivity contribution < 1.29 is 14.6 Å². The van der Waals surface area contributed by atoms with Crippen molar-refractivity contribution in [3.05, 3.63) is 65.7 Å². The first-order valence-corrected chi connectivity index (χ1v) is 8.46. The maximum absolute atomic E-state index is 12.3. The molecular weight excluding hydrogens is 336 g/mol. The summed E-state index contributed by atoms with van der Waals surface area (Å²) in [6, 6.07) is 15.6. The zero-order chi connectivity index (χ0) is 18.2. The van der Waals surface area contributed by atoms with Gasteiger partial charge in [-0.2, -0.15) is 0 Å². The van der Waals surface area contributed by atoms with Gasteiger partial charge in [0, 0.05) is 5.69 Å². The fraction of sp³-hybridized carbons (Fsp3) is 0.263. The second kappa shape index (κ2) is 9.15. The Morgan fingerprint density at radius 3 is 2.44 bits per heavy atom. The number of ether oxygens (including phenoxy) is 1. The molecule has 0 aliphatic rings. The number of carbonyl (C=O) groups excluding carboxylic acids is 1. The van der Waals surface area contributed by atoms with E-state index in [-0.39, 0.29) is 11.7 Å². The number of rotatable bonds is 6. The van der Waals surface area contributed by atoms with Gasteiger partial charge in [0.05, 0.1) is 6.61 Å². The molecule has 5 nitrogen and oxygen atoms in total. The van der Waals surface area contributed by atoms with Crippen molar-refractivity contribution in [3.63, 3.8) is 0 Å². The van der Waals surface area contributed by atoms with E-state index in [1.165, 1.54) is 0 Å². The third kappa shape index (κ3) is 5.27. The van der Waals surface area contributed by atoms with Gasteiger partial charge in [0.1, 0.15) is 6.10 Å². The number of para-hydroxylation sites is 1. The van der Waals surface area contributed by atoms with Crippen molar-refractivity contribution in [2.45, 2.75) is 26.0 Å². The summed E-state index contributed by atoms with van der Waals surface area (Å²) in [5.74, 6) is -0.562. The van der Waals surface area contributed by atoms with Crippen molar-refractivity contribution in [2.75, 3.05) is 11.9 Å². The average Bonchev–Trinajstić information content (AvgIpc) is 2.62. The van der Waals surface area contributed by atoms with Crippen LogP contribution in [0, 0.1) is 6.92 Å². The molecule has 0 bridgehead atoms. The zero-order valence-electron chi connectivity index (χ0n) is 14.2. The normalized spacial score (nSPS) is 12.8. The molecule has 3 N–H and O–H groups in total. The van der Waals surface area contributed by atoms with E-state index in [1.54, 1.807) is 31.2 Å². The molecule has 2 rings (SSSR count). The van der Waals surface area contributed by atoms with Crippen LogP contribution in [0.4, 0.5) is 5.69 Å². The highest BCUT2D eigenvalue weighted by molar-refractivity contribution is 7.80. The Morgan fingerprint density at radius 2 is 1.80 bits per heavy atom. The van der Waals surface area contributed by atoms with Crippen LogP contribution in [0.1, 0.15) is 24.2 Å².